The van der Waals surface area contributed by atoms with Crippen LogP contribution in [-0.2, 0) is 22.6 Å². The Bertz CT molecular complexity index is 1020. The van der Waals surface area contributed by atoms with E-state index in [2.05, 4.69) is 15.8 Å². The highest BCUT2D eigenvalue weighted by molar-refractivity contribution is 6.21. The number of nitrogens with zero attached hydrogens (tertiary/aromatic N) is 2. The van der Waals surface area contributed by atoms with E-state index in [1.165, 1.54) is 0 Å². The van der Waals surface area contributed by atoms with Crippen molar-refractivity contribution in [2.75, 3.05) is 13.6 Å². The summed E-state index contributed by atoms with van der Waals surface area (Å²) in [4.78, 5) is 27.1. The van der Waals surface area contributed by atoms with Crippen molar-refractivity contribution in [1.29, 1.82) is 5.41 Å². The molecule has 32 heavy (non-hydrogen) atoms. The van der Waals surface area contributed by atoms with Gasteiger partial charge in [-0.15, -0.1) is 0 Å². The Morgan fingerprint density at radius 2 is 1.97 bits per heavy atom. The molecular weight excluding hydrogens is 406 g/mol. The van der Waals surface area contributed by atoms with Crippen LogP contribution in [0.25, 0.3) is 5.57 Å². The molecule has 1 aromatic carbocycles. The normalized spacial score (nSPS) is 16.5. The summed E-state index contributed by atoms with van der Waals surface area (Å²) < 4.78 is 5.14. The first-order valence-corrected chi connectivity index (χ1v) is 10.8. The number of hydrogen-bond donors (Lipinski definition) is 3. The van der Waals surface area contributed by atoms with Gasteiger partial charge >= 0.3 is 0 Å². The molecule has 170 valence electrons. The van der Waals surface area contributed by atoms with Gasteiger partial charge in [0.15, 0.2) is 0 Å². The number of aryl methyl sites for hydroxylation is 1. The minimum atomic E-state index is -0.459. The predicted octanol–water partition coefficient (Wildman–Crippen LogP) is 2.82. The zero-order chi connectivity index (χ0) is 23.3. The lowest BCUT2D eigenvalue weighted by molar-refractivity contribution is -0.138. The summed E-state index contributed by atoms with van der Waals surface area (Å²) in [6.45, 7) is 6.47. The number of allylic oxidation sites excluding steroid dienone is 2. The second-order valence-electron chi connectivity index (χ2n) is 8.15. The molecule has 2 heterocycles. The van der Waals surface area contributed by atoms with Gasteiger partial charge in [0, 0.05) is 43.2 Å². The van der Waals surface area contributed by atoms with Gasteiger partial charge in [0.05, 0.1) is 12.1 Å². The van der Waals surface area contributed by atoms with Crippen molar-refractivity contribution in [3.05, 3.63) is 58.6 Å². The molecule has 3 rings (SSSR count). The second-order valence-corrected chi connectivity index (χ2v) is 8.15. The molecule has 3 N–H and O–H groups in total. The molecule has 0 saturated carbocycles. The molecular formula is C24H31N5O3. The summed E-state index contributed by atoms with van der Waals surface area (Å²) in [5.41, 5.74) is 4.93. The van der Waals surface area contributed by atoms with Gasteiger partial charge in [-0.1, -0.05) is 29.4 Å². The van der Waals surface area contributed by atoms with Crippen molar-refractivity contribution >= 4 is 23.1 Å². The smallest absolute Gasteiger partial charge is 0.243 e. The Kier molecular flexibility index (Phi) is 7.45. The fourth-order valence-corrected chi connectivity index (χ4v) is 4.02. The fourth-order valence-electron chi connectivity index (χ4n) is 4.02. The number of amides is 2. The maximum Gasteiger partial charge on any atom is 0.243 e. The first-order valence-electron chi connectivity index (χ1n) is 10.8. The molecule has 1 atom stereocenters. The Balaban J connectivity index is 1.60. The number of likely N-dealkylation sites (tertiary alicyclic amines) is 1. The Labute approximate surface area is 188 Å². The zero-order valence-electron chi connectivity index (χ0n) is 19.1. The van der Waals surface area contributed by atoms with Crippen molar-refractivity contribution in [3.63, 3.8) is 0 Å². The van der Waals surface area contributed by atoms with E-state index in [1.54, 1.807) is 24.8 Å². The first kappa shape index (κ1) is 23.2. The van der Waals surface area contributed by atoms with Crippen molar-refractivity contribution in [1.82, 2.24) is 20.7 Å². The van der Waals surface area contributed by atoms with Crippen LogP contribution in [0, 0.1) is 12.3 Å². The van der Waals surface area contributed by atoms with Crippen LogP contribution in [0.3, 0.4) is 0 Å². The highest BCUT2D eigenvalue weighted by Gasteiger charge is 2.34. The molecule has 0 unspecified atom stereocenters. The summed E-state index contributed by atoms with van der Waals surface area (Å²) in [7, 11) is 1.84. The van der Waals surface area contributed by atoms with E-state index in [-0.39, 0.29) is 18.2 Å². The van der Waals surface area contributed by atoms with E-state index in [0.717, 1.165) is 34.5 Å². The number of carbonyl (C=O) groups excluding carboxylic acids is 2. The quantitative estimate of drug-likeness (QED) is 0.550. The lowest BCUT2D eigenvalue weighted by atomic mass is 9.99. The molecule has 2 amide bonds. The largest absolute Gasteiger partial charge is 0.391 e. The number of nitrogens with one attached hydrogen (secondary N) is 3. The molecule has 0 aliphatic carbocycles. The zero-order valence-corrected chi connectivity index (χ0v) is 19.1. The second kappa shape index (κ2) is 10.3. The topological polar surface area (TPSA) is 111 Å². The summed E-state index contributed by atoms with van der Waals surface area (Å²) in [5, 5.41) is 17.9. The third-order valence-corrected chi connectivity index (χ3v) is 5.71. The van der Waals surface area contributed by atoms with E-state index < -0.39 is 6.04 Å². The fraction of sp³-hybridized carbons (Fsp3) is 0.417. The lowest BCUT2D eigenvalue weighted by Gasteiger charge is -2.23. The molecule has 8 nitrogen and oxygen atoms in total. The highest BCUT2D eigenvalue weighted by atomic mass is 16.5. The molecule has 0 spiro atoms. The number of hydrogen-bond acceptors (Lipinski definition) is 6. The SMILES string of the molecule is CN/C(C)=C(\C(C)=N)c1ccc(CNC(=O)[C@@H]2CCCN2C(=O)Cc2cc(C)no2)cc1. The van der Waals surface area contributed by atoms with Crippen molar-refractivity contribution in [2.24, 2.45) is 0 Å². The molecule has 1 fully saturated rings. The van der Waals surface area contributed by atoms with E-state index >= 15 is 0 Å². The van der Waals surface area contributed by atoms with Crippen LogP contribution in [0.15, 0.2) is 40.6 Å². The maximum absolute atomic E-state index is 12.8. The van der Waals surface area contributed by atoms with Crippen molar-refractivity contribution in [2.45, 2.75) is 52.6 Å². The maximum atomic E-state index is 12.8. The van der Waals surface area contributed by atoms with Gasteiger partial charge in [-0.2, -0.15) is 0 Å². The average molecular weight is 438 g/mol. The van der Waals surface area contributed by atoms with Crippen LogP contribution < -0.4 is 10.6 Å². The average Bonchev–Trinajstić information content (AvgIpc) is 3.41. The Morgan fingerprint density at radius 1 is 1.25 bits per heavy atom. The lowest BCUT2D eigenvalue weighted by Crippen LogP contribution is -2.46. The molecule has 1 saturated heterocycles. The van der Waals surface area contributed by atoms with Crippen LogP contribution in [0.4, 0.5) is 0 Å². The van der Waals surface area contributed by atoms with Crippen LogP contribution >= 0.6 is 0 Å². The van der Waals surface area contributed by atoms with Crippen LogP contribution in [0.5, 0.6) is 0 Å². The number of benzene rings is 1. The van der Waals surface area contributed by atoms with Crippen LogP contribution in [-0.4, -0.2) is 47.2 Å². The molecule has 0 bridgehead atoms. The van der Waals surface area contributed by atoms with Gasteiger partial charge < -0.3 is 25.5 Å². The van der Waals surface area contributed by atoms with Crippen LogP contribution in [0.1, 0.15) is 49.3 Å². The minimum Gasteiger partial charge on any atom is -0.391 e. The summed E-state index contributed by atoms with van der Waals surface area (Å²) >= 11 is 0. The van der Waals surface area contributed by atoms with E-state index in [1.807, 2.05) is 38.2 Å². The molecule has 0 radical (unpaired) electrons. The standard InChI is InChI=1S/C24H31N5O3/c1-15-12-20(32-28-15)13-22(30)29-11-5-6-21(29)24(31)27-14-18-7-9-19(10-8-18)23(16(2)25)17(3)26-4/h7-10,12,21,25-26H,5-6,11,13-14H2,1-4H3,(H,27,31)/b23-17+,25-16?/t21-/m0/s1. The number of carbonyl (C=O) groups is 2. The Hall–Kier alpha value is -3.42. The van der Waals surface area contributed by atoms with Gasteiger partial charge in [-0.3, -0.25) is 9.59 Å². The van der Waals surface area contributed by atoms with E-state index in [0.29, 0.717) is 31.0 Å². The predicted molar refractivity (Wildman–Crippen MR) is 123 cm³/mol. The van der Waals surface area contributed by atoms with Gasteiger partial charge in [0.2, 0.25) is 11.8 Å². The monoisotopic (exact) mass is 437 g/mol. The third kappa shape index (κ3) is 5.43. The summed E-state index contributed by atoms with van der Waals surface area (Å²) in [5.74, 6) is 0.251. The molecule has 1 aromatic heterocycles. The first-order chi connectivity index (χ1) is 15.3. The van der Waals surface area contributed by atoms with Gasteiger partial charge in [0.25, 0.3) is 0 Å². The van der Waals surface area contributed by atoms with E-state index in [4.69, 9.17) is 9.93 Å². The number of rotatable bonds is 8. The van der Waals surface area contributed by atoms with Crippen molar-refractivity contribution < 1.29 is 14.1 Å². The summed E-state index contributed by atoms with van der Waals surface area (Å²) in [6.07, 6.45) is 1.57. The minimum absolute atomic E-state index is 0.112. The molecule has 1 aliphatic rings. The molecule has 8 heteroatoms. The van der Waals surface area contributed by atoms with E-state index in [9.17, 15) is 9.59 Å². The summed E-state index contributed by atoms with van der Waals surface area (Å²) in [6, 6.07) is 9.10. The van der Waals surface area contributed by atoms with Gasteiger partial charge in [0.1, 0.15) is 11.8 Å². The molecule has 2 aromatic rings. The third-order valence-electron chi connectivity index (χ3n) is 5.71. The van der Waals surface area contributed by atoms with Gasteiger partial charge in [-0.05, 0) is 44.7 Å². The Morgan fingerprint density at radius 3 is 2.56 bits per heavy atom. The van der Waals surface area contributed by atoms with Gasteiger partial charge in [-0.25, -0.2) is 0 Å². The highest BCUT2D eigenvalue weighted by Crippen LogP contribution is 2.21. The number of aromatic nitrogens is 1. The van der Waals surface area contributed by atoms with Crippen molar-refractivity contribution in [3.8, 4) is 0 Å². The van der Waals surface area contributed by atoms with Crippen LogP contribution in [0.2, 0.25) is 0 Å². The molecule has 1 aliphatic heterocycles.